The van der Waals surface area contributed by atoms with Gasteiger partial charge in [0, 0.05) is 12.2 Å². The fourth-order valence-electron chi connectivity index (χ4n) is 1.69. The molecule has 0 bridgehead atoms. The van der Waals surface area contributed by atoms with Crippen LogP contribution in [0.3, 0.4) is 0 Å². The number of rotatable bonds is 4. The van der Waals surface area contributed by atoms with Gasteiger partial charge in [0.2, 0.25) is 0 Å². The van der Waals surface area contributed by atoms with Gasteiger partial charge in [-0.3, -0.25) is 0 Å². The first-order chi connectivity index (χ1) is 7.33. The Bertz CT molecular complexity index is 344. The highest BCUT2D eigenvalue weighted by atomic mass is 16.5. The molecular formula is C13H21NO2. The van der Waals surface area contributed by atoms with Crippen molar-refractivity contribution >= 4 is 5.69 Å². The average Bonchev–Trinajstić information content (AvgIpc) is 2.13. The fourth-order valence-corrected chi connectivity index (χ4v) is 1.69. The Morgan fingerprint density at radius 1 is 1.25 bits per heavy atom. The monoisotopic (exact) mass is 223 g/mol. The van der Waals surface area contributed by atoms with Crippen molar-refractivity contribution in [3.8, 4) is 5.75 Å². The molecule has 3 nitrogen and oxygen atoms in total. The van der Waals surface area contributed by atoms with Gasteiger partial charge in [0.05, 0.1) is 12.7 Å². The van der Waals surface area contributed by atoms with E-state index in [-0.39, 0.29) is 0 Å². The third-order valence-electron chi connectivity index (χ3n) is 2.39. The van der Waals surface area contributed by atoms with Gasteiger partial charge in [-0.15, -0.1) is 0 Å². The van der Waals surface area contributed by atoms with Crippen molar-refractivity contribution in [3.63, 3.8) is 0 Å². The minimum Gasteiger partial charge on any atom is -0.496 e. The summed E-state index contributed by atoms with van der Waals surface area (Å²) in [4.78, 5) is 0. The maximum atomic E-state index is 9.63. The normalized spacial score (nSPS) is 11.4. The smallest absolute Gasteiger partial charge is 0.124 e. The zero-order chi connectivity index (χ0) is 12.3. The Balaban J connectivity index is 2.84. The molecule has 2 N–H and O–H groups in total. The third-order valence-corrected chi connectivity index (χ3v) is 2.39. The number of aryl methyl sites for hydroxylation is 2. The summed E-state index contributed by atoms with van der Waals surface area (Å²) < 4.78 is 5.30. The minimum absolute atomic E-state index is 0.526. The molecule has 1 rings (SSSR count). The van der Waals surface area contributed by atoms with Crippen LogP contribution >= 0.6 is 0 Å². The lowest BCUT2D eigenvalue weighted by Crippen LogP contribution is -2.29. The van der Waals surface area contributed by atoms with Gasteiger partial charge in [0.15, 0.2) is 0 Å². The summed E-state index contributed by atoms with van der Waals surface area (Å²) in [5.41, 5.74) is 2.50. The van der Waals surface area contributed by atoms with Crippen LogP contribution in [0.25, 0.3) is 0 Å². The Hall–Kier alpha value is -1.22. The highest BCUT2D eigenvalue weighted by Crippen LogP contribution is 2.26. The first kappa shape index (κ1) is 12.8. The van der Waals surface area contributed by atoms with Crippen molar-refractivity contribution in [1.29, 1.82) is 0 Å². The molecule has 0 aromatic heterocycles. The van der Waals surface area contributed by atoms with E-state index in [1.807, 2.05) is 26.0 Å². The van der Waals surface area contributed by atoms with Crippen molar-refractivity contribution in [2.45, 2.75) is 33.3 Å². The maximum Gasteiger partial charge on any atom is 0.124 e. The predicted octanol–water partition coefficient (Wildman–Crippen LogP) is 2.49. The lowest BCUT2D eigenvalue weighted by molar-refractivity contribution is 0.0945. The summed E-state index contributed by atoms with van der Waals surface area (Å²) >= 11 is 0. The minimum atomic E-state index is -0.707. The van der Waals surface area contributed by atoms with Gasteiger partial charge < -0.3 is 15.2 Å². The Morgan fingerprint density at radius 2 is 1.75 bits per heavy atom. The maximum absolute atomic E-state index is 9.63. The zero-order valence-electron chi connectivity index (χ0n) is 10.7. The lowest BCUT2D eigenvalue weighted by atomic mass is 10.1. The quantitative estimate of drug-likeness (QED) is 0.824. The van der Waals surface area contributed by atoms with Crippen molar-refractivity contribution in [3.05, 3.63) is 23.3 Å². The summed E-state index contributed by atoms with van der Waals surface area (Å²) in [5.74, 6) is 0.925. The number of ether oxygens (including phenoxy) is 1. The average molecular weight is 223 g/mol. The van der Waals surface area contributed by atoms with E-state index in [1.165, 1.54) is 0 Å². The Labute approximate surface area is 97.4 Å². The molecule has 3 heteroatoms. The summed E-state index contributed by atoms with van der Waals surface area (Å²) in [6.07, 6.45) is 0. The van der Waals surface area contributed by atoms with Crippen LogP contribution in [0.2, 0.25) is 0 Å². The molecule has 90 valence electrons. The van der Waals surface area contributed by atoms with E-state index < -0.39 is 5.60 Å². The standard InChI is InChI=1S/C13H21NO2/c1-9-6-11(14-8-13(3,4)15)7-10(2)12(9)16-5/h6-7,14-15H,8H2,1-5H3. The molecule has 0 aliphatic carbocycles. The van der Waals surface area contributed by atoms with Gasteiger partial charge in [0.25, 0.3) is 0 Å². The molecular weight excluding hydrogens is 202 g/mol. The van der Waals surface area contributed by atoms with Crippen molar-refractivity contribution in [2.24, 2.45) is 0 Å². The number of hydrogen-bond donors (Lipinski definition) is 2. The molecule has 0 atom stereocenters. The number of methoxy groups -OCH3 is 1. The molecule has 16 heavy (non-hydrogen) atoms. The molecule has 0 amide bonds. The van der Waals surface area contributed by atoms with E-state index in [9.17, 15) is 5.11 Å². The van der Waals surface area contributed by atoms with Gasteiger partial charge in [-0.1, -0.05) is 0 Å². The SMILES string of the molecule is COc1c(C)cc(NCC(C)(C)O)cc1C. The Morgan fingerprint density at radius 3 is 2.12 bits per heavy atom. The van der Waals surface area contributed by atoms with E-state index in [1.54, 1.807) is 21.0 Å². The number of benzene rings is 1. The number of nitrogens with one attached hydrogen (secondary N) is 1. The molecule has 0 unspecified atom stereocenters. The van der Waals surface area contributed by atoms with E-state index in [0.717, 1.165) is 22.6 Å². The molecule has 0 aliphatic rings. The molecule has 0 fully saturated rings. The van der Waals surface area contributed by atoms with Gasteiger partial charge >= 0.3 is 0 Å². The van der Waals surface area contributed by atoms with Gasteiger partial charge in [0.1, 0.15) is 5.75 Å². The summed E-state index contributed by atoms with van der Waals surface area (Å²) in [6.45, 7) is 8.12. The van der Waals surface area contributed by atoms with Crippen LogP contribution in [0.1, 0.15) is 25.0 Å². The molecule has 0 spiro atoms. The van der Waals surface area contributed by atoms with Crippen molar-refractivity contribution in [1.82, 2.24) is 0 Å². The van der Waals surface area contributed by atoms with Crippen LogP contribution in [-0.2, 0) is 0 Å². The first-order valence-electron chi connectivity index (χ1n) is 5.45. The van der Waals surface area contributed by atoms with Crippen LogP contribution < -0.4 is 10.1 Å². The molecule has 0 aliphatic heterocycles. The Kier molecular flexibility index (Phi) is 3.81. The van der Waals surface area contributed by atoms with Crippen molar-refractivity contribution < 1.29 is 9.84 Å². The van der Waals surface area contributed by atoms with Crippen LogP contribution in [-0.4, -0.2) is 24.4 Å². The van der Waals surface area contributed by atoms with E-state index >= 15 is 0 Å². The summed E-state index contributed by atoms with van der Waals surface area (Å²) in [7, 11) is 1.68. The number of aliphatic hydroxyl groups is 1. The summed E-state index contributed by atoms with van der Waals surface area (Å²) in [6, 6.07) is 4.05. The molecule has 0 heterocycles. The first-order valence-corrected chi connectivity index (χ1v) is 5.45. The zero-order valence-corrected chi connectivity index (χ0v) is 10.7. The predicted molar refractivity (Wildman–Crippen MR) is 67.3 cm³/mol. The molecule has 1 aromatic carbocycles. The number of hydrogen-bond acceptors (Lipinski definition) is 3. The van der Waals surface area contributed by atoms with Crippen LogP contribution in [0, 0.1) is 13.8 Å². The summed E-state index contributed by atoms with van der Waals surface area (Å²) in [5, 5.41) is 12.8. The van der Waals surface area contributed by atoms with E-state index in [2.05, 4.69) is 5.32 Å². The molecule has 1 aromatic rings. The molecule has 0 saturated carbocycles. The van der Waals surface area contributed by atoms with Crippen LogP contribution in [0.4, 0.5) is 5.69 Å². The van der Waals surface area contributed by atoms with Gasteiger partial charge in [-0.25, -0.2) is 0 Å². The topological polar surface area (TPSA) is 41.5 Å². The third kappa shape index (κ3) is 3.42. The van der Waals surface area contributed by atoms with Crippen molar-refractivity contribution in [2.75, 3.05) is 19.0 Å². The molecule has 0 saturated heterocycles. The fraction of sp³-hybridized carbons (Fsp3) is 0.538. The number of anilines is 1. The largest absolute Gasteiger partial charge is 0.496 e. The van der Waals surface area contributed by atoms with Gasteiger partial charge in [-0.2, -0.15) is 0 Å². The van der Waals surface area contributed by atoms with Crippen LogP contribution in [0.15, 0.2) is 12.1 Å². The molecule has 0 radical (unpaired) electrons. The second-order valence-corrected chi connectivity index (χ2v) is 4.81. The van der Waals surface area contributed by atoms with Gasteiger partial charge in [-0.05, 0) is 51.0 Å². The second kappa shape index (κ2) is 4.74. The highest BCUT2D eigenvalue weighted by Gasteiger charge is 2.12. The van der Waals surface area contributed by atoms with Crippen LogP contribution in [0.5, 0.6) is 5.75 Å². The van der Waals surface area contributed by atoms with E-state index in [4.69, 9.17) is 4.74 Å². The lowest BCUT2D eigenvalue weighted by Gasteiger charge is -2.19. The van der Waals surface area contributed by atoms with E-state index in [0.29, 0.717) is 6.54 Å². The highest BCUT2D eigenvalue weighted by molar-refractivity contribution is 5.55. The second-order valence-electron chi connectivity index (χ2n) is 4.81.